The average Bonchev–Trinajstić information content (AvgIpc) is 1.77. The molecule has 1 N–H and O–H groups in total. The fourth-order valence-electron chi connectivity index (χ4n) is 0.426. The van der Waals surface area contributed by atoms with Gasteiger partial charge in [0.25, 0.3) is 0 Å². The third kappa shape index (κ3) is 3.16. The molecular weight excluding hydrogens is 244 g/mol. The van der Waals surface area contributed by atoms with Crippen molar-refractivity contribution in [3.8, 4) is 0 Å². The van der Waals surface area contributed by atoms with Gasteiger partial charge in [0.1, 0.15) is 0 Å². The van der Waals surface area contributed by atoms with Gasteiger partial charge in [0.05, 0.1) is 0 Å². The molecule has 15 heavy (non-hydrogen) atoms. The van der Waals surface area contributed by atoms with Gasteiger partial charge in [-0.2, -0.15) is 35.1 Å². The third-order valence-electron chi connectivity index (χ3n) is 1.01. The molecule has 0 spiro atoms. The lowest BCUT2D eigenvalue weighted by Crippen LogP contribution is -2.55. The highest BCUT2D eigenvalue weighted by molar-refractivity contribution is 4.85. The molecule has 91 valence electrons. The Labute approximate surface area is 77.4 Å². The first-order valence-electron chi connectivity index (χ1n) is 3.00. The van der Waals surface area contributed by atoms with E-state index in [9.17, 15) is 35.1 Å². The fourth-order valence-corrected chi connectivity index (χ4v) is 0.426. The quantitative estimate of drug-likeness (QED) is 0.612. The summed E-state index contributed by atoms with van der Waals surface area (Å²) in [4.78, 5) is 0. The van der Waals surface area contributed by atoms with Crippen molar-refractivity contribution < 1.29 is 45.0 Å². The molecule has 0 aromatic carbocycles. The Morgan fingerprint density at radius 2 is 1.20 bits per heavy atom. The number of alkyl halides is 8. The lowest BCUT2D eigenvalue weighted by Gasteiger charge is -2.29. The zero-order chi connectivity index (χ0) is 12.7. The van der Waals surface area contributed by atoms with E-state index < -0.39 is 24.2 Å². The van der Waals surface area contributed by atoms with Crippen molar-refractivity contribution in [3.05, 3.63) is 6.92 Å². The molecule has 2 nitrogen and oxygen atoms in total. The molecule has 0 aromatic rings. The first-order valence-corrected chi connectivity index (χ1v) is 3.00. The van der Waals surface area contributed by atoms with Gasteiger partial charge in [0.15, 0.2) is 0 Å². The fraction of sp³-hybridized carbons (Fsp3) is 0.800. The Morgan fingerprint density at radius 1 is 0.867 bits per heavy atom. The van der Waals surface area contributed by atoms with Gasteiger partial charge in [0.2, 0.25) is 0 Å². The van der Waals surface area contributed by atoms with Crippen molar-refractivity contribution in [1.29, 1.82) is 0 Å². The number of ether oxygens (including phenoxy) is 1. The summed E-state index contributed by atoms with van der Waals surface area (Å²) in [5.74, 6) is -6.66. The summed E-state index contributed by atoms with van der Waals surface area (Å²) in [5, 5.41) is 7.80. The van der Waals surface area contributed by atoms with Gasteiger partial charge >= 0.3 is 24.2 Å². The monoisotopic (exact) mass is 247 g/mol. The van der Waals surface area contributed by atoms with Crippen LogP contribution < -0.4 is 0 Å². The van der Waals surface area contributed by atoms with Crippen molar-refractivity contribution in [2.45, 2.75) is 24.2 Å². The maximum absolute atomic E-state index is 12.1. The molecule has 1 unspecified atom stereocenters. The largest absolute Gasteiger partial charge is 0.462 e. The van der Waals surface area contributed by atoms with Crippen LogP contribution in [0.3, 0.4) is 0 Å². The highest BCUT2D eigenvalue weighted by Gasteiger charge is 2.75. The summed E-state index contributed by atoms with van der Waals surface area (Å²) in [6.45, 7) is 1.74. The summed E-state index contributed by atoms with van der Waals surface area (Å²) >= 11 is 0. The zero-order valence-corrected chi connectivity index (χ0v) is 6.59. The van der Waals surface area contributed by atoms with Crippen LogP contribution in [0.1, 0.15) is 0 Å². The Balaban J connectivity index is 5.03. The second-order valence-electron chi connectivity index (χ2n) is 2.38. The molecule has 0 amide bonds. The van der Waals surface area contributed by atoms with Gasteiger partial charge in [-0.1, -0.05) is 0 Å². The van der Waals surface area contributed by atoms with E-state index >= 15 is 0 Å². The number of rotatable bonds is 3. The normalized spacial score (nSPS) is 18.8. The van der Waals surface area contributed by atoms with E-state index in [1.54, 1.807) is 6.92 Å². The van der Waals surface area contributed by atoms with Crippen LogP contribution in [0.25, 0.3) is 0 Å². The van der Waals surface area contributed by atoms with E-state index in [0.717, 1.165) is 0 Å². The predicted octanol–water partition coefficient (Wildman–Crippen LogP) is 2.24. The Bertz CT molecular complexity index is 226. The molecule has 0 heterocycles. The molecule has 0 bridgehead atoms. The molecule has 1 radical (unpaired) electrons. The highest BCUT2D eigenvalue weighted by atomic mass is 19.4. The van der Waals surface area contributed by atoms with E-state index in [1.807, 2.05) is 0 Å². The highest BCUT2D eigenvalue weighted by Crippen LogP contribution is 2.48. The molecule has 1 atom stereocenters. The van der Waals surface area contributed by atoms with E-state index in [-0.39, 0.29) is 0 Å². The van der Waals surface area contributed by atoms with Crippen molar-refractivity contribution in [2.75, 3.05) is 0 Å². The summed E-state index contributed by atoms with van der Waals surface area (Å²) in [6.07, 6.45) is -12.9. The summed E-state index contributed by atoms with van der Waals surface area (Å²) in [7, 11) is 0. The predicted molar refractivity (Wildman–Crippen MR) is 28.4 cm³/mol. The van der Waals surface area contributed by atoms with Crippen LogP contribution in [0.5, 0.6) is 0 Å². The SMILES string of the molecule is [CH2]C(O)(F)OC(F)(F)C(F)(F)C(F)(F)F. The van der Waals surface area contributed by atoms with E-state index in [0.29, 0.717) is 0 Å². The first kappa shape index (κ1) is 14.4. The van der Waals surface area contributed by atoms with Crippen LogP contribution in [0.4, 0.5) is 35.1 Å². The van der Waals surface area contributed by atoms with Crippen molar-refractivity contribution in [2.24, 2.45) is 0 Å². The second kappa shape index (κ2) is 3.44. The molecule has 0 rings (SSSR count). The van der Waals surface area contributed by atoms with Crippen molar-refractivity contribution in [3.63, 3.8) is 0 Å². The zero-order valence-electron chi connectivity index (χ0n) is 6.59. The standard InChI is InChI=1S/C5H3F8O2/c1-2(6,14)15-5(12,13)3(7,8)4(9,10)11/h14H,1H2. The van der Waals surface area contributed by atoms with Crippen LogP contribution in [0, 0.1) is 6.92 Å². The number of halogens is 8. The van der Waals surface area contributed by atoms with Crippen LogP contribution in [0.15, 0.2) is 0 Å². The molecule has 0 aromatic heterocycles. The maximum Gasteiger partial charge on any atom is 0.462 e. The minimum Gasteiger partial charge on any atom is -0.340 e. The number of aliphatic hydroxyl groups is 1. The van der Waals surface area contributed by atoms with Crippen LogP contribution in [-0.4, -0.2) is 29.4 Å². The summed E-state index contributed by atoms with van der Waals surface area (Å²) in [6, 6.07) is -4.57. The van der Waals surface area contributed by atoms with Crippen LogP contribution >= 0.6 is 0 Å². The molecule has 0 fully saturated rings. The van der Waals surface area contributed by atoms with E-state index in [2.05, 4.69) is 4.74 Å². The molecule has 10 heteroatoms. The summed E-state index contributed by atoms with van der Waals surface area (Å²) < 4.78 is 96.1. The van der Waals surface area contributed by atoms with E-state index in [4.69, 9.17) is 5.11 Å². The van der Waals surface area contributed by atoms with Gasteiger partial charge in [-0.3, -0.25) is 4.74 Å². The third-order valence-corrected chi connectivity index (χ3v) is 1.01. The lowest BCUT2D eigenvalue weighted by molar-refractivity contribution is -0.474. The van der Waals surface area contributed by atoms with Gasteiger partial charge in [-0.05, 0) is 0 Å². The molecule has 0 aliphatic rings. The number of hydrogen-bond donors (Lipinski definition) is 1. The van der Waals surface area contributed by atoms with Crippen molar-refractivity contribution in [1.82, 2.24) is 0 Å². The topological polar surface area (TPSA) is 29.5 Å². The Hall–Kier alpha value is -0.640. The number of hydrogen-bond acceptors (Lipinski definition) is 2. The maximum atomic E-state index is 12.1. The van der Waals surface area contributed by atoms with Gasteiger partial charge in [-0.15, -0.1) is 0 Å². The smallest absolute Gasteiger partial charge is 0.340 e. The summed E-state index contributed by atoms with van der Waals surface area (Å²) in [5.41, 5.74) is 0. The van der Waals surface area contributed by atoms with Crippen LogP contribution in [0.2, 0.25) is 0 Å². The molecule has 0 saturated carbocycles. The molecule has 0 aliphatic heterocycles. The van der Waals surface area contributed by atoms with Gasteiger partial charge < -0.3 is 5.11 Å². The second-order valence-corrected chi connectivity index (χ2v) is 2.38. The van der Waals surface area contributed by atoms with Gasteiger partial charge in [0, 0.05) is 6.92 Å². The van der Waals surface area contributed by atoms with E-state index in [1.165, 1.54) is 0 Å². The molecule has 0 saturated heterocycles. The molecule has 0 aliphatic carbocycles. The van der Waals surface area contributed by atoms with Crippen molar-refractivity contribution >= 4 is 0 Å². The average molecular weight is 247 g/mol. The Morgan fingerprint density at radius 3 is 1.40 bits per heavy atom. The minimum atomic E-state index is -6.66. The lowest BCUT2D eigenvalue weighted by atomic mass is 10.3. The Kier molecular flexibility index (Phi) is 3.29. The molecular formula is C5H3F8O2. The minimum absolute atomic E-state index is 1.74. The van der Waals surface area contributed by atoms with Gasteiger partial charge in [-0.25, -0.2) is 0 Å². The van der Waals surface area contributed by atoms with Crippen LogP contribution in [-0.2, 0) is 4.74 Å². The first-order chi connectivity index (χ1) is 6.21.